The maximum absolute atomic E-state index is 11.9. The molecule has 7 heteroatoms. The topological polar surface area (TPSA) is 90.0 Å². The molecule has 1 aromatic heterocycles. The molecule has 98 valence electrons. The molecule has 0 bridgehead atoms. The van der Waals surface area contributed by atoms with Crippen LogP contribution >= 0.6 is 0 Å². The lowest BCUT2D eigenvalue weighted by Crippen LogP contribution is -2.27. The van der Waals surface area contributed by atoms with Crippen LogP contribution < -0.4 is 10.5 Å². The number of aromatic nitrogens is 2. The molecule has 3 N–H and O–H groups in total. The van der Waals surface area contributed by atoms with Crippen LogP contribution in [0.1, 0.15) is 26.5 Å². The van der Waals surface area contributed by atoms with E-state index in [1.54, 1.807) is 14.0 Å². The van der Waals surface area contributed by atoms with E-state index in [0.717, 1.165) is 0 Å². The number of nitrogens with zero attached hydrogens (tertiary/aromatic N) is 2. The Hall–Kier alpha value is -1.24. The monoisotopic (exact) mass is 260 g/mol. The second-order valence-electron chi connectivity index (χ2n) is 5.39. The van der Waals surface area contributed by atoms with E-state index in [-0.39, 0.29) is 11.2 Å². The standard InChI is InChI=1S/C10H20N4O2S/c1-7-8(11)9(14(5)12-7)13-17(15,16)6-10(2,3)4/h13H,6,11H2,1-5H3. The maximum atomic E-state index is 11.9. The average molecular weight is 260 g/mol. The Morgan fingerprint density at radius 3 is 2.29 bits per heavy atom. The van der Waals surface area contributed by atoms with Crippen LogP contribution in [0.25, 0.3) is 0 Å². The van der Waals surface area contributed by atoms with E-state index >= 15 is 0 Å². The predicted octanol–water partition coefficient (Wildman–Crippen LogP) is 1.10. The third-order valence-corrected chi connectivity index (χ3v) is 3.89. The minimum atomic E-state index is -3.41. The summed E-state index contributed by atoms with van der Waals surface area (Å²) in [5.74, 6) is 0.357. The third-order valence-electron chi connectivity index (χ3n) is 2.14. The summed E-state index contributed by atoms with van der Waals surface area (Å²) in [6.07, 6.45) is 0. The smallest absolute Gasteiger partial charge is 0.234 e. The first-order valence-corrected chi connectivity index (χ1v) is 6.97. The van der Waals surface area contributed by atoms with Gasteiger partial charge in [-0.1, -0.05) is 20.8 Å². The van der Waals surface area contributed by atoms with Gasteiger partial charge < -0.3 is 5.73 Å². The van der Waals surface area contributed by atoms with Gasteiger partial charge in [-0.25, -0.2) is 13.1 Å². The Labute approximate surface area is 102 Å². The van der Waals surface area contributed by atoms with Crippen LogP contribution in [0.15, 0.2) is 0 Å². The van der Waals surface area contributed by atoms with E-state index in [1.807, 2.05) is 20.8 Å². The van der Waals surface area contributed by atoms with Crippen LogP contribution in [0.3, 0.4) is 0 Å². The molecule has 6 nitrogen and oxygen atoms in total. The highest BCUT2D eigenvalue weighted by atomic mass is 32.2. The van der Waals surface area contributed by atoms with Gasteiger partial charge in [-0.3, -0.25) is 4.72 Å². The molecule has 0 aliphatic rings. The average Bonchev–Trinajstić information content (AvgIpc) is 2.27. The fourth-order valence-corrected chi connectivity index (χ4v) is 3.30. The SMILES string of the molecule is Cc1nn(C)c(NS(=O)(=O)CC(C)(C)C)c1N. The van der Waals surface area contributed by atoms with Gasteiger partial charge in [-0.15, -0.1) is 0 Å². The van der Waals surface area contributed by atoms with Crippen molar-refractivity contribution in [3.05, 3.63) is 5.69 Å². The van der Waals surface area contributed by atoms with Crippen molar-refractivity contribution in [1.82, 2.24) is 9.78 Å². The summed E-state index contributed by atoms with van der Waals surface area (Å²) in [5.41, 5.74) is 6.43. The summed E-state index contributed by atoms with van der Waals surface area (Å²) < 4.78 is 27.8. The first-order chi connectivity index (χ1) is 7.52. The number of hydrogen-bond donors (Lipinski definition) is 2. The molecule has 1 rings (SSSR count). The van der Waals surface area contributed by atoms with Crippen molar-refractivity contribution in [3.8, 4) is 0 Å². The molecule has 17 heavy (non-hydrogen) atoms. The fourth-order valence-electron chi connectivity index (χ4n) is 1.55. The summed E-state index contributed by atoms with van der Waals surface area (Å²) in [6, 6.07) is 0. The van der Waals surface area contributed by atoms with Gasteiger partial charge >= 0.3 is 0 Å². The lowest BCUT2D eigenvalue weighted by Gasteiger charge is -2.18. The van der Waals surface area contributed by atoms with Crippen molar-refractivity contribution in [3.63, 3.8) is 0 Å². The van der Waals surface area contributed by atoms with Crippen molar-refractivity contribution in [2.75, 3.05) is 16.2 Å². The zero-order valence-corrected chi connectivity index (χ0v) is 11.7. The van der Waals surface area contributed by atoms with E-state index in [4.69, 9.17) is 5.73 Å². The first kappa shape index (κ1) is 13.8. The van der Waals surface area contributed by atoms with Gasteiger partial charge in [-0.05, 0) is 12.3 Å². The Morgan fingerprint density at radius 1 is 1.41 bits per heavy atom. The molecule has 0 aliphatic heterocycles. The van der Waals surface area contributed by atoms with Crippen molar-refractivity contribution in [1.29, 1.82) is 0 Å². The summed E-state index contributed by atoms with van der Waals surface area (Å²) in [4.78, 5) is 0. The molecule has 0 aliphatic carbocycles. The lowest BCUT2D eigenvalue weighted by atomic mass is 10.0. The maximum Gasteiger partial charge on any atom is 0.234 e. The van der Waals surface area contributed by atoms with Crippen LogP contribution in [0.5, 0.6) is 0 Å². The minimum Gasteiger partial charge on any atom is -0.394 e. The van der Waals surface area contributed by atoms with Gasteiger partial charge in [0.25, 0.3) is 0 Å². The Balaban J connectivity index is 2.99. The molecule has 0 saturated carbocycles. The van der Waals surface area contributed by atoms with Gasteiger partial charge in [0.2, 0.25) is 10.0 Å². The first-order valence-electron chi connectivity index (χ1n) is 5.31. The number of sulfonamides is 1. The van der Waals surface area contributed by atoms with Crippen molar-refractivity contribution >= 4 is 21.5 Å². The molecule has 0 saturated heterocycles. The van der Waals surface area contributed by atoms with Crippen LogP contribution in [-0.2, 0) is 17.1 Å². The van der Waals surface area contributed by atoms with Crippen LogP contribution in [0, 0.1) is 12.3 Å². The van der Waals surface area contributed by atoms with Crippen LogP contribution in [0.4, 0.5) is 11.5 Å². The minimum absolute atomic E-state index is 0.0314. The largest absolute Gasteiger partial charge is 0.394 e. The normalized spacial score (nSPS) is 12.8. The van der Waals surface area contributed by atoms with Crippen molar-refractivity contribution < 1.29 is 8.42 Å². The highest BCUT2D eigenvalue weighted by molar-refractivity contribution is 7.92. The number of anilines is 2. The molecule has 0 radical (unpaired) electrons. The van der Waals surface area contributed by atoms with Gasteiger partial charge in [0.05, 0.1) is 17.1 Å². The molecular formula is C10H20N4O2S. The number of nitrogens with two attached hydrogens (primary N) is 1. The predicted molar refractivity (Wildman–Crippen MR) is 69.2 cm³/mol. The number of hydrogen-bond acceptors (Lipinski definition) is 4. The molecule has 0 aromatic carbocycles. The Kier molecular flexibility index (Phi) is 3.42. The van der Waals surface area contributed by atoms with Crippen LogP contribution in [-0.4, -0.2) is 24.0 Å². The van der Waals surface area contributed by atoms with E-state index in [9.17, 15) is 8.42 Å². The summed E-state index contributed by atoms with van der Waals surface area (Å²) in [6.45, 7) is 7.33. The van der Waals surface area contributed by atoms with Gasteiger partial charge in [0.1, 0.15) is 0 Å². The molecule has 0 fully saturated rings. The lowest BCUT2D eigenvalue weighted by molar-refractivity contribution is 0.463. The molecule has 1 aromatic rings. The molecule has 0 unspecified atom stereocenters. The van der Waals surface area contributed by atoms with Gasteiger partial charge in [0, 0.05) is 7.05 Å². The van der Waals surface area contributed by atoms with E-state index in [2.05, 4.69) is 9.82 Å². The highest BCUT2D eigenvalue weighted by Crippen LogP contribution is 2.24. The second-order valence-corrected chi connectivity index (χ2v) is 7.12. The summed E-state index contributed by atoms with van der Waals surface area (Å²) in [5, 5.41) is 4.06. The Bertz CT molecular complexity index is 511. The van der Waals surface area contributed by atoms with Crippen LogP contribution in [0.2, 0.25) is 0 Å². The highest BCUT2D eigenvalue weighted by Gasteiger charge is 2.23. The molecule has 1 heterocycles. The zero-order chi connectivity index (χ0) is 13.4. The van der Waals surface area contributed by atoms with Gasteiger partial charge in [-0.2, -0.15) is 5.10 Å². The van der Waals surface area contributed by atoms with Gasteiger partial charge in [0.15, 0.2) is 5.82 Å². The summed E-state index contributed by atoms with van der Waals surface area (Å²) in [7, 11) is -1.76. The molecule has 0 amide bonds. The number of nitrogen functional groups attached to an aromatic ring is 1. The fraction of sp³-hybridized carbons (Fsp3) is 0.700. The van der Waals surface area contributed by atoms with E-state index < -0.39 is 10.0 Å². The number of nitrogens with one attached hydrogen (secondary N) is 1. The number of rotatable bonds is 3. The molecule has 0 spiro atoms. The van der Waals surface area contributed by atoms with Crippen molar-refractivity contribution in [2.45, 2.75) is 27.7 Å². The number of aryl methyl sites for hydroxylation is 2. The second kappa shape index (κ2) is 4.21. The molecule has 0 atom stereocenters. The summed E-state index contributed by atoms with van der Waals surface area (Å²) >= 11 is 0. The van der Waals surface area contributed by atoms with E-state index in [1.165, 1.54) is 4.68 Å². The Morgan fingerprint density at radius 2 is 1.94 bits per heavy atom. The van der Waals surface area contributed by atoms with E-state index in [0.29, 0.717) is 17.2 Å². The molecular weight excluding hydrogens is 240 g/mol. The van der Waals surface area contributed by atoms with Crippen molar-refractivity contribution in [2.24, 2.45) is 12.5 Å². The zero-order valence-electron chi connectivity index (χ0n) is 10.9. The quantitative estimate of drug-likeness (QED) is 0.851. The third kappa shape index (κ3) is 3.62.